The Hall–Kier alpha value is -0.680. The molecule has 1 fully saturated rings. The summed E-state index contributed by atoms with van der Waals surface area (Å²) < 4.78 is 5.23. The Kier molecular flexibility index (Phi) is 4.27. The first-order valence-electron chi connectivity index (χ1n) is 5.60. The van der Waals surface area contributed by atoms with Crippen molar-refractivity contribution in [2.75, 3.05) is 7.11 Å². The zero-order valence-corrected chi connectivity index (χ0v) is 10.9. The third kappa shape index (κ3) is 2.92. The fraction of sp³-hybridized carbons (Fsp3) is 0.818. The highest BCUT2D eigenvalue weighted by molar-refractivity contribution is 7.80. The molecule has 0 radical (unpaired) electrons. The van der Waals surface area contributed by atoms with E-state index < -0.39 is 5.60 Å². The predicted molar refractivity (Wildman–Crippen MR) is 67.1 cm³/mol. The van der Waals surface area contributed by atoms with Crippen molar-refractivity contribution in [3.63, 3.8) is 0 Å². The maximum atomic E-state index is 12.0. The van der Waals surface area contributed by atoms with Crippen LogP contribution in [0.1, 0.15) is 33.1 Å². The maximum Gasteiger partial charge on any atom is 0.252 e. The van der Waals surface area contributed by atoms with Crippen LogP contribution in [0.4, 0.5) is 0 Å². The summed E-state index contributed by atoms with van der Waals surface area (Å²) in [6.07, 6.45) is 2.78. The molecule has 1 rings (SSSR count). The van der Waals surface area contributed by atoms with Crippen LogP contribution in [0, 0.1) is 5.92 Å². The first-order chi connectivity index (χ1) is 7.44. The highest BCUT2D eigenvalue weighted by atomic mass is 32.1. The first-order valence-corrected chi connectivity index (χ1v) is 6.01. The molecule has 0 aromatic rings. The van der Waals surface area contributed by atoms with Crippen molar-refractivity contribution < 1.29 is 9.53 Å². The van der Waals surface area contributed by atoms with Gasteiger partial charge in [-0.15, -0.1) is 0 Å². The van der Waals surface area contributed by atoms with Crippen LogP contribution in [0.15, 0.2) is 0 Å². The molecular formula is C11H20N2O2S. The van der Waals surface area contributed by atoms with Crippen molar-refractivity contribution in [1.29, 1.82) is 0 Å². The number of methoxy groups -OCH3 is 1. The third-order valence-corrected chi connectivity index (χ3v) is 3.55. The lowest BCUT2D eigenvalue weighted by atomic mass is 10.0. The predicted octanol–water partition coefficient (Wildman–Crippen LogP) is 0.982. The van der Waals surface area contributed by atoms with Crippen molar-refractivity contribution in [3.8, 4) is 0 Å². The Labute approximate surface area is 102 Å². The van der Waals surface area contributed by atoms with E-state index in [2.05, 4.69) is 5.32 Å². The standard InChI is InChI=1S/C11H20N2O2S/c1-4-11(2,15-3)10(14)13-8(9(12)16)7-5-6-7/h7-8H,4-6H2,1-3H3,(H2,12,16)(H,13,14). The summed E-state index contributed by atoms with van der Waals surface area (Å²) in [4.78, 5) is 12.4. The summed E-state index contributed by atoms with van der Waals surface area (Å²) in [6.45, 7) is 3.68. The highest BCUT2D eigenvalue weighted by Gasteiger charge is 2.38. The molecule has 1 saturated carbocycles. The number of hydrogen-bond acceptors (Lipinski definition) is 3. The largest absolute Gasteiger partial charge is 0.392 e. The summed E-state index contributed by atoms with van der Waals surface area (Å²) in [5.74, 6) is 0.279. The zero-order chi connectivity index (χ0) is 12.3. The summed E-state index contributed by atoms with van der Waals surface area (Å²) >= 11 is 4.97. The minimum atomic E-state index is -0.794. The Morgan fingerprint density at radius 2 is 2.25 bits per heavy atom. The normalized spacial score (nSPS) is 20.9. The van der Waals surface area contributed by atoms with E-state index in [0.717, 1.165) is 12.8 Å². The van der Waals surface area contributed by atoms with Gasteiger partial charge in [-0.1, -0.05) is 19.1 Å². The van der Waals surface area contributed by atoms with Gasteiger partial charge >= 0.3 is 0 Å². The average molecular weight is 244 g/mol. The summed E-state index contributed by atoms with van der Waals surface area (Å²) in [5, 5.41) is 2.89. The van der Waals surface area contributed by atoms with E-state index in [9.17, 15) is 4.79 Å². The number of carbonyl (C=O) groups is 1. The Morgan fingerprint density at radius 1 is 1.69 bits per heavy atom. The smallest absolute Gasteiger partial charge is 0.252 e. The van der Waals surface area contributed by atoms with Crippen molar-refractivity contribution in [1.82, 2.24) is 5.32 Å². The lowest BCUT2D eigenvalue weighted by molar-refractivity contribution is -0.142. The zero-order valence-electron chi connectivity index (χ0n) is 10.1. The van der Waals surface area contributed by atoms with E-state index in [1.165, 1.54) is 7.11 Å². The highest BCUT2D eigenvalue weighted by Crippen LogP contribution is 2.33. The van der Waals surface area contributed by atoms with E-state index >= 15 is 0 Å². The molecule has 2 unspecified atom stereocenters. The number of rotatable bonds is 6. The van der Waals surface area contributed by atoms with Crippen LogP contribution < -0.4 is 11.1 Å². The monoisotopic (exact) mass is 244 g/mol. The van der Waals surface area contributed by atoms with Crippen LogP contribution in [0.5, 0.6) is 0 Å². The van der Waals surface area contributed by atoms with E-state index in [1.807, 2.05) is 6.92 Å². The molecule has 92 valence electrons. The van der Waals surface area contributed by atoms with Gasteiger partial charge in [0.25, 0.3) is 5.91 Å². The fourth-order valence-electron chi connectivity index (χ4n) is 1.54. The molecule has 0 aliphatic heterocycles. The van der Waals surface area contributed by atoms with Gasteiger partial charge in [0.1, 0.15) is 5.60 Å². The molecule has 16 heavy (non-hydrogen) atoms. The van der Waals surface area contributed by atoms with Crippen molar-refractivity contribution >= 4 is 23.1 Å². The first kappa shape index (κ1) is 13.4. The van der Waals surface area contributed by atoms with Gasteiger partial charge < -0.3 is 15.8 Å². The quantitative estimate of drug-likeness (QED) is 0.684. The van der Waals surface area contributed by atoms with Gasteiger partial charge in [-0.3, -0.25) is 4.79 Å². The van der Waals surface area contributed by atoms with Crippen LogP contribution in [-0.4, -0.2) is 29.6 Å². The van der Waals surface area contributed by atoms with Crippen LogP contribution in [-0.2, 0) is 9.53 Å². The third-order valence-electron chi connectivity index (χ3n) is 3.29. The van der Waals surface area contributed by atoms with Crippen LogP contribution in [0.2, 0.25) is 0 Å². The molecule has 1 amide bonds. The molecule has 0 spiro atoms. The second kappa shape index (κ2) is 5.10. The molecule has 0 aromatic carbocycles. The van der Waals surface area contributed by atoms with Gasteiger partial charge in [0.05, 0.1) is 11.0 Å². The maximum absolute atomic E-state index is 12.0. The van der Waals surface area contributed by atoms with E-state index in [4.69, 9.17) is 22.7 Å². The molecule has 0 bridgehead atoms. The average Bonchev–Trinajstić information content (AvgIpc) is 3.07. The summed E-state index contributed by atoms with van der Waals surface area (Å²) in [5.41, 5.74) is 4.83. The number of thiocarbonyl (C=S) groups is 1. The Balaban J connectivity index is 2.64. The number of carbonyl (C=O) groups excluding carboxylic acids is 1. The molecule has 4 nitrogen and oxygen atoms in total. The molecule has 3 N–H and O–H groups in total. The number of amides is 1. The van der Waals surface area contributed by atoms with Gasteiger partial charge in [-0.05, 0) is 32.1 Å². The molecule has 0 saturated heterocycles. The van der Waals surface area contributed by atoms with Gasteiger partial charge in [0.2, 0.25) is 0 Å². The van der Waals surface area contributed by atoms with Gasteiger partial charge in [-0.2, -0.15) is 0 Å². The lowest BCUT2D eigenvalue weighted by Crippen LogP contribution is -2.53. The molecule has 0 heterocycles. The fourth-order valence-corrected chi connectivity index (χ4v) is 1.79. The van der Waals surface area contributed by atoms with E-state index in [0.29, 0.717) is 17.3 Å². The van der Waals surface area contributed by atoms with Crippen LogP contribution in [0.25, 0.3) is 0 Å². The second-order valence-electron chi connectivity index (χ2n) is 4.48. The summed E-state index contributed by atoms with van der Waals surface area (Å²) in [6, 6.07) is -0.177. The molecule has 2 atom stereocenters. The molecule has 5 heteroatoms. The number of hydrogen-bond donors (Lipinski definition) is 2. The molecule has 0 aromatic heterocycles. The second-order valence-corrected chi connectivity index (χ2v) is 4.95. The van der Waals surface area contributed by atoms with Crippen molar-refractivity contribution in [2.24, 2.45) is 11.7 Å². The molecular weight excluding hydrogens is 224 g/mol. The van der Waals surface area contributed by atoms with Gasteiger partial charge in [0, 0.05) is 7.11 Å². The lowest BCUT2D eigenvalue weighted by Gasteiger charge is -2.28. The Morgan fingerprint density at radius 3 is 2.56 bits per heavy atom. The van der Waals surface area contributed by atoms with E-state index in [-0.39, 0.29) is 11.9 Å². The van der Waals surface area contributed by atoms with Gasteiger partial charge in [0.15, 0.2) is 0 Å². The Bertz CT molecular complexity index is 286. The summed E-state index contributed by atoms with van der Waals surface area (Å²) in [7, 11) is 1.54. The van der Waals surface area contributed by atoms with Crippen molar-refractivity contribution in [2.45, 2.75) is 44.8 Å². The van der Waals surface area contributed by atoms with E-state index in [1.54, 1.807) is 6.92 Å². The SMILES string of the molecule is CCC(C)(OC)C(=O)NC(C(N)=S)C1CC1. The number of nitrogens with two attached hydrogens (primary N) is 1. The molecule has 1 aliphatic rings. The van der Waals surface area contributed by atoms with Crippen LogP contribution >= 0.6 is 12.2 Å². The number of ether oxygens (including phenoxy) is 1. The van der Waals surface area contributed by atoms with Crippen LogP contribution in [0.3, 0.4) is 0 Å². The van der Waals surface area contributed by atoms with Gasteiger partial charge in [-0.25, -0.2) is 0 Å². The number of nitrogens with one attached hydrogen (secondary N) is 1. The minimum Gasteiger partial charge on any atom is -0.392 e. The molecule has 1 aliphatic carbocycles. The van der Waals surface area contributed by atoms with Crippen molar-refractivity contribution in [3.05, 3.63) is 0 Å². The minimum absolute atomic E-state index is 0.137. The topological polar surface area (TPSA) is 64.3 Å².